The molecule has 0 amide bonds. The average Bonchev–Trinajstić information content (AvgIpc) is 2.71. The normalized spacial score (nSPS) is 10.8. The van der Waals surface area contributed by atoms with Crippen molar-refractivity contribution < 1.29 is 15.0 Å². The number of rotatable bonds is 8. The lowest BCUT2D eigenvalue weighted by Crippen LogP contribution is -2.24. The highest BCUT2D eigenvalue weighted by Crippen LogP contribution is 2.27. The van der Waals surface area contributed by atoms with Gasteiger partial charge in [0, 0.05) is 29.9 Å². The number of halogens is 1. The lowest BCUT2D eigenvalue weighted by atomic mass is 10.0. The molecule has 156 valence electrons. The molecule has 3 aromatic carbocycles. The highest BCUT2D eigenvalue weighted by Gasteiger charge is 2.14. The van der Waals surface area contributed by atoms with Crippen LogP contribution in [0.25, 0.3) is 0 Å². The van der Waals surface area contributed by atoms with Crippen LogP contribution in [0.1, 0.15) is 39.0 Å². The number of nitrogens with zero attached hydrogens (tertiary/aromatic N) is 1. The van der Waals surface area contributed by atoms with Gasteiger partial charge in [0.05, 0.1) is 0 Å². The molecule has 0 radical (unpaired) electrons. The lowest BCUT2D eigenvalue weighted by molar-refractivity contribution is 0.0694. The van der Waals surface area contributed by atoms with Gasteiger partial charge in [0.25, 0.3) is 0 Å². The van der Waals surface area contributed by atoms with Crippen LogP contribution in [0.2, 0.25) is 5.02 Å². The summed E-state index contributed by atoms with van der Waals surface area (Å²) >= 11 is 6.28. The minimum Gasteiger partial charge on any atom is -0.507 e. The molecular formula is C25H26ClNO3. The average molecular weight is 424 g/mol. The first kappa shape index (κ1) is 21.7. The third-order valence-electron chi connectivity index (χ3n) is 5.18. The number of phenols is 1. The summed E-state index contributed by atoms with van der Waals surface area (Å²) in [5.41, 5.74) is 5.27. The molecule has 0 aromatic heterocycles. The smallest absolute Gasteiger partial charge is 0.339 e. The Balaban J connectivity index is 1.78. The zero-order valence-electron chi connectivity index (χ0n) is 17.2. The molecule has 0 saturated heterocycles. The summed E-state index contributed by atoms with van der Waals surface area (Å²) in [6.45, 7) is 5.48. The minimum absolute atomic E-state index is 0.0921. The largest absolute Gasteiger partial charge is 0.507 e. The van der Waals surface area contributed by atoms with Crippen molar-refractivity contribution in [1.82, 2.24) is 0 Å². The molecule has 3 rings (SSSR count). The summed E-state index contributed by atoms with van der Waals surface area (Å²) in [7, 11) is 0. The van der Waals surface area contributed by atoms with E-state index in [4.69, 9.17) is 11.6 Å². The Morgan fingerprint density at radius 1 is 0.967 bits per heavy atom. The number of hydrogen-bond acceptors (Lipinski definition) is 3. The Kier molecular flexibility index (Phi) is 7.01. The summed E-state index contributed by atoms with van der Waals surface area (Å²) in [6.07, 6.45) is 1.82. The van der Waals surface area contributed by atoms with Crippen LogP contribution in [0.3, 0.4) is 0 Å². The molecular weight excluding hydrogens is 398 g/mol. The Bertz CT molecular complexity index is 1010. The number of carboxylic acid groups (broad SMARTS) is 1. The van der Waals surface area contributed by atoms with Gasteiger partial charge in [-0.05, 0) is 61.1 Å². The van der Waals surface area contributed by atoms with Crippen LogP contribution < -0.4 is 4.90 Å². The maximum atomic E-state index is 11.2. The molecule has 0 aliphatic heterocycles. The van der Waals surface area contributed by atoms with Gasteiger partial charge in [-0.25, -0.2) is 4.79 Å². The topological polar surface area (TPSA) is 60.8 Å². The zero-order chi connectivity index (χ0) is 21.7. The molecule has 4 nitrogen and oxygen atoms in total. The van der Waals surface area contributed by atoms with E-state index in [-0.39, 0.29) is 11.3 Å². The van der Waals surface area contributed by atoms with Gasteiger partial charge < -0.3 is 15.1 Å². The quantitative estimate of drug-likeness (QED) is 0.466. The first-order valence-corrected chi connectivity index (χ1v) is 10.3. The van der Waals surface area contributed by atoms with Gasteiger partial charge in [-0.15, -0.1) is 0 Å². The van der Waals surface area contributed by atoms with Crippen molar-refractivity contribution in [1.29, 1.82) is 0 Å². The molecule has 0 unspecified atom stereocenters. The van der Waals surface area contributed by atoms with Crippen molar-refractivity contribution >= 4 is 23.3 Å². The van der Waals surface area contributed by atoms with E-state index < -0.39 is 5.97 Å². The number of benzene rings is 3. The van der Waals surface area contributed by atoms with Crippen molar-refractivity contribution in [2.24, 2.45) is 0 Å². The van der Waals surface area contributed by atoms with Crippen LogP contribution in [0.15, 0.2) is 60.7 Å². The first-order chi connectivity index (χ1) is 14.3. The summed E-state index contributed by atoms with van der Waals surface area (Å²) in [5, 5.41) is 20.1. The summed E-state index contributed by atoms with van der Waals surface area (Å²) in [6, 6.07) is 19.1. The number of hydrogen-bond donors (Lipinski definition) is 2. The molecule has 3 aromatic rings. The van der Waals surface area contributed by atoms with Crippen molar-refractivity contribution in [3.63, 3.8) is 0 Å². The van der Waals surface area contributed by atoms with E-state index in [9.17, 15) is 15.0 Å². The minimum atomic E-state index is -1.14. The van der Waals surface area contributed by atoms with Gasteiger partial charge >= 0.3 is 5.97 Å². The van der Waals surface area contributed by atoms with Gasteiger partial charge in [-0.1, -0.05) is 54.1 Å². The summed E-state index contributed by atoms with van der Waals surface area (Å²) < 4.78 is 0. The van der Waals surface area contributed by atoms with Gasteiger partial charge in [-0.3, -0.25) is 0 Å². The van der Waals surface area contributed by atoms with E-state index in [1.54, 1.807) is 6.07 Å². The Morgan fingerprint density at radius 2 is 1.63 bits per heavy atom. The van der Waals surface area contributed by atoms with Crippen LogP contribution in [0, 0.1) is 13.8 Å². The molecule has 30 heavy (non-hydrogen) atoms. The van der Waals surface area contributed by atoms with E-state index >= 15 is 0 Å². The van der Waals surface area contributed by atoms with Gasteiger partial charge in [0.1, 0.15) is 11.3 Å². The predicted octanol–water partition coefficient (Wildman–Crippen LogP) is 6.00. The monoisotopic (exact) mass is 423 g/mol. The van der Waals surface area contributed by atoms with Crippen LogP contribution >= 0.6 is 11.6 Å². The number of aromatic hydroxyl groups is 1. The van der Waals surface area contributed by atoms with Crippen LogP contribution in [0.4, 0.5) is 5.69 Å². The van der Waals surface area contributed by atoms with E-state index in [1.807, 2.05) is 32.0 Å². The Labute approximate surface area is 182 Å². The lowest BCUT2D eigenvalue weighted by Gasteiger charge is -2.25. The molecule has 0 bridgehead atoms. The molecule has 0 aliphatic rings. The van der Waals surface area contributed by atoms with Crippen molar-refractivity contribution in [2.45, 2.75) is 33.2 Å². The number of aromatic carboxylic acids is 1. The second kappa shape index (κ2) is 9.68. The standard InChI is InChI=1S/C25H26ClNO3/c1-17-13-20(14-18(2)24(17)26)9-6-12-27(16-19-7-4-3-5-8-19)21-10-11-22(25(29)30)23(28)15-21/h3-5,7-8,10-11,13-15,28H,6,9,12,16H2,1-2H3,(H,29,30). The number of carbonyl (C=O) groups is 1. The van der Waals surface area contributed by atoms with Crippen LogP contribution in [-0.2, 0) is 13.0 Å². The zero-order valence-corrected chi connectivity index (χ0v) is 18.0. The summed E-state index contributed by atoms with van der Waals surface area (Å²) in [4.78, 5) is 13.4. The van der Waals surface area contributed by atoms with Crippen molar-refractivity contribution in [2.75, 3.05) is 11.4 Å². The molecule has 0 spiro atoms. The molecule has 5 heteroatoms. The fraction of sp³-hybridized carbons (Fsp3) is 0.240. The van der Waals surface area contributed by atoms with Gasteiger partial charge in [0.15, 0.2) is 0 Å². The van der Waals surface area contributed by atoms with E-state index in [2.05, 4.69) is 29.2 Å². The third-order valence-corrected chi connectivity index (χ3v) is 5.78. The molecule has 0 saturated carbocycles. The predicted molar refractivity (Wildman–Crippen MR) is 122 cm³/mol. The second-order valence-electron chi connectivity index (χ2n) is 7.56. The number of carboxylic acids is 1. The SMILES string of the molecule is Cc1cc(CCCN(Cc2ccccc2)c2ccc(C(=O)O)c(O)c2)cc(C)c1Cl. The van der Waals surface area contributed by atoms with E-state index in [1.165, 1.54) is 17.7 Å². The van der Waals surface area contributed by atoms with E-state index in [0.29, 0.717) is 6.54 Å². The molecule has 0 heterocycles. The number of aryl methyl sites for hydroxylation is 3. The van der Waals surface area contributed by atoms with Crippen molar-refractivity contribution in [3.8, 4) is 5.75 Å². The fourth-order valence-electron chi connectivity index (χ4n) is 3.65. The summed E-state index contributed by atoms with van der Waals surface area (Å²) in [5.74, 6) is -1.36. The maximum Gasteiger partial charge on any atom is 0.339 e. The second-order valence-corrected chi connectivity index (χ2v) is 7.94. The molecule has 0 atom stereocenters. The molecule has 2 N–H and O–H groups in total. The maximum absolute atomic E-state index is 11.2. The van der Waals surface area contributed by atoms with E-state index in [0.717, 1.165) is 46.8 Å². The Hall–Kier alpha value is -2.98. The Morgan fingerprint density at radius 3 is 2.23 bits per heavy atom. The third kappa shape index (κ3) is 5.33. The van der Waals surface area contributed by atoms with Gasteiger partial charge in [0.2, 0.25) is 0 Å². The van der Waals surface area contributed by atoms with Crippen LogP contribution in [-0.4, -0.2) is 22.7 Å². The first-order valence-electron chi connectivity index (χ1n) is 9.96. The highest BCUT2D eigenvalue weighted by atomic mass is 35.5. The van der Waals surface area contributed by atoms with Gasteiger partial charge in [-0.2, -0.15) is 0 Å². The number of anilines is 1. The van der Waals surface area contributed by atoms with Crippen LogP contribution in [0.5, 0.6) is 5.75 Å². The highest BCUT2D eigenvalue weighted by molar-refractivity contribution is 6.32. The van der Waals surface area contributed by atoms with Crippen molar-refractivity contribution in [3.05, 3.63) is 93.5 Å². The fourth-order valence-corrected chi connectivity index (χ4v) is 3.76. The molecule has 0 fully saturated rings. The molecule has 0 aliphatic carbocycles.